The van der Waals surface area contributed by atoms with Crippen LogP contribution in [-0.2, 0) is 13.5 Å². The van der Waals surface area contributed by atoms with Crippen molar-refractivity contribution in [1.82, 2.24) is 29.0 Å². The lowest BCUT2D eigenvalue weighted by molar-refractivity contribution is 0.0779. The molecular weight excluding hydrogens is 446 g/mol. The molecule has 0 fully saturated rings. The minimum absolute atomic E-state index is 0.0782. The Balaban J connectivity index is 1.58. The summed E-state index contributed by atoms with van der Waals surface area (Å²) in [5.41, 5.74) is 2.04. The van der Waals surface area contributed by atoms with Crippen LogP contribution in [-0.4, -0.2) is 67.9 Å². The number of hydrogen-bond acceptors (Lipinski definition) is 6. The van der Waals surface area contributed by atoms with Crippen molar-refractivity contribution < 1.29 is 23.1 Å². The molecule has 0 bridgehead atoms. The van der Waals surface area contributed by atoms with E-state index in [2.05, 4.69) is 15.1 Å². The maximum absolute atomic E-state index is 13.0. The van der Waals surface area contributed by atoms with Gasteiger partial charge in [0.05, 0.1) is 29.6 Å². The summed E-state index contributed by atoms with van der Waals surface area (Å²) in [6.45, 7) is -1.69. The zero-order chi connectivity index (χ0) is 24.2. The quantitative estimate of drug-likeness (QED) is 0.351. The number of ketones is 1. The van der Waals surface area contributed by atoms with Gasteiger partial charge >= 0.3 is 0 Å². The molecule has 34 heavy (non-hydrogen) atoms. The summed E-state index contributed by atoms with van der Waals surface area (Å²) in [6.07, 6.45) is 4.72. The number of rotatable bonds is 9. The number of nitrogens with zero attached hydrogens (tertiary/aromatic N) is 6. The van der Waals surface area contributed by atoms with E-state index in [-0.39, 0.29) is 30.0 Å². The van der Waals surface area contributed by atoms with Crippen LogP contribution >= 0.6 is 0 Å². The van der Waals surface area contributed by atoms with Crippen LogP contribution in [0.5, 0.6) is 5.75 Å². The molecule has 1 aromatic carbocycles. The predicted molar refractivity (Wildman–Crippen MR) is 119 cm³/mol. The summed E-state index contributed by atoms with van der Waals surface area (Å²) < 4.78 is 33.1. The summed E-state index contributed by atoms with van der Waals surface area (Å²) in [5.74, 6) is -0.0674. The predicted octanol–water partition coefficient (Wildman–Crippen LogP) is 2.90. The third-order valence-corrected chi connectivity index (χ3v) is 5.28. The largest absolute Gasteiger partial charge is 0.463 e. The maximum Gasteiger partial charge on any atom is 0.257 e. The maximum atomic E-state index is 13.0. The van der Waals surface area contributed by atoms with Crippen molar-refractivity contribution in [2.24, 2.45) is 7.05 Å². The molecule has 0 atom stereocenters. The highest BCUT2D eigenvalue weighted by Gasteiger charge is 2.24. The number of carbonyl (C=O) groups is 2. The van der Waals surface area contributed by atoms with Gasteiger partial charge in [-0.2, -0.15) is 5.10 Å². The van der Waals surface area contributed by atoms with E-state index < -0.39 is 19.4 Å². The number of Topliss-reactive ketones (excluding diaryl/α,β-unsaturated/α-hetero) is 1. The van der Waals surface area contributed by atoms with E-state index in [4.69, 9.17) is 4.74 Å². The van der Waals surface area contributed by atoms with Gasteiger partial charge in [-0.25, -0.2) is 18.7 Å². The Bertz CT molecular complexity index is 1350. The number of imidazole rings is 1. The van der Waals surface area contributed by atoms with Crippen LogP contribution in [0.15, 0.2) is 48.9 Å². The molecule has 4 rings (SSSR count). The zero-order valence-corrected chi connectivity index (χ0v) is 18.6. The van der Waals surface area contributed by atoms with Gasteiger partial charge < -0.3 is 9.64 Å². The first kappa shape index (κ1) is 23.0. The van der Waals surface area contributed by atoms with E-state index in [9.17, 15) is 18.4 Å². The lowest BCUT2D eigenvalue weighted by Gasteiger charge is -2.15. The Morgan fingerprint density at radius 1 is 1.18 bits per heavy atom. The molecular formula is C23H22F2N6O3. The molecule has 0 aliphatic heterocycles. The molecule has 1 amide bonds. The van der Waals surface area contributed by atoms with Crippen LogP contribution in [0.1, 0.15) is 26.5 Å². The minimum atomic E-state index is -0.927. The van der Waals surface area contributed by atoms with Crippen LogP contribution < -0.4 is 4.74 Å². The van der Waals surface area contributed by atoms with E-state index >= 15 is 0 Å². The van der Waals surface area contributed by atoms with Crippen molar-refractivity contribution in [1.29, 1.82) is 0 Å². The summed E-state index contributed by atoms with van der Waals surface area (Å²) >= 11 is 0. The number of aromatic nitrogens is 5. The average Bonchev–Trinajstić information content (AvgIpc) is 3.42. The number of alkyl halides is 2. The highest BCUT2D eigenvalue weighted by Crippen LogP contribution is 2.23. The topological polar surface area (TPSA) is 94.6 Å². The molecule has 3 heterocycles. The van der Waals surface area contributed by atoms with Crippen LogP contribution in [0.3, 0.4) is 0 Å². The molecule has 0 unspecified atom stereocenters. The van der Waals surface area contributed by atoms with Crippen molar-refractivity contribution in [3.8, 4) is 17.0 Å². The molecule has 4 aromatic rings. The molecule has 9 nitrogen and oxygen atoms in total. The van der Waals surface area contributed by atoms with Gasteiger partial charge in [-0.3, -0.25) is 18.7 Å². The van der Waals surface area contributed by atoms with E-state index in [1.54, 1.807) is 48.1 Å². The molecule has 0 radical (unpaired) electrons. The number of amides is 1. The minimum Gasteiger partial charge on any atom is -0.463 e. The Hall–Kier alpha value is -4.15. The monoisotopic (exact) mass is 468 g/mol. The number of halogens is 2. The van der Waals surface area contributed by atoms with Gasteiger partial charge in [-0.05, 0) is 18.2 Å². The molecule has 176 valence electrons. The van der Waals surface area contributed by atoms with Gasteiger partial charge in [0, 0.05) is 38.6 Å². The SMILES string of the molecule is CN(CCF)C(=O)c1cnn(C)c1C(=O)Cc1ccn2cc(-c3cccc(OCF)c3)nc2n1. The highest BCUT2D eigenvalue weighted by atomic mass is 19.1. The van der Waals surface area contributed by atoms with Gasteiger partial charge in [0.15, 0.2) is 5.78 Å². The fraction of sp³-hybridized carbons (Fsp3) is 0.261. The standard InChI is InChI=1S/C23H22F2N6O3/c1-29(9-7-24)22(33)18-12-26-30(2)21(18)20(32)11-16-6-8-31-13-19(28-23(31)27-16)15-4-3-5-17(10-15)34-14-25/h3-6,8,10,12-13H,7,9,11,14H2,1-2H3. The number of fused-ring (bicyclic) bond motifs is 1. The van der Waals surface area contributed by atoms with Gasteiger partial charge in [0.25, 0.3) is 5.91 Å². The van der Waals surface area contributed by atoms with Gasteiger partial charge in [-0.15, -0.1) is 0 Å². The number of benzene rings is 1. The highest BCUT2D eigenvalue weighted by molar-refractivity contribution is 6.07. The van der Waals surface area contributed by atoms with Crippen molar-refractivity contribution >= 4 is 17.5 Å². The second-order valence-electron chi connectivity index (χ2n) is 7.58. The van der Waals surface area contributed by atoms with Crippen molar-refractivity contribution in [2.75, 3.05) is 27.1 Å². The van der Waals surface area contributed by atoms with E-state index in [0.717, 1.165) is 5.56 Å². The molecule has 3 aromatic heterocycles. The lowest BCUT2D eigenvalue weighted by Crippen LogP contribution is -2.30. The number of hydrogen-bond donors (Lipinski definition) is 0. The second kappa shape index (κ2) is 9.77. The van der Waals surface area contributed by atoms with Gasteiger partial charge in [0.2, 0.25) is 12.6 Å². The van der Waals surface area contributed by atoms with Crippen LogP contribution in [0.25, 0.3) is 17.0 Å². The van der Waals surface area contributed by atoms with Crippen LogP contribution in [0, 0.1) is 0 Å². The summed E-state index contributed by atoms with van der Waals surface area (Å²) in [4.78, 5) is 35.8. The normalized spacial score (nSPS) is 11.1. The first-order valence-corrected chi connectivity index (χ1v) is 10.4. The molecule has 0 spiro atoms. The number of aryl methyl sites for hydroxylation is 1. The number of ether oxygens (including phenoxy) is 1. The van der Waals surface area contributed by atoms with Crippen molar-refractivity contribution in [3.63, 3.8) is 0 Å². The first-order valence-electron chi connectivity index (χ1n) is 10.4. The second-order valence-corrected chi connectivity index (χ2v) is 7.58. The fourth-order valence-corrected chi connectivity index (χ4v) is 3.56. The molecule has 0 aliphatic rings. The van der Waals surface area contributed by atoms with Crippen molar-refractivity contribution in [2.45, 2.75) is 6.42 Å². The third-order valence-electron chi connectivity index (χ3n) is 5.28. The molecule has 0 saturated carbocycles. The Morgan fingerprint density at radius 2 is 2.00 bits per heavy atom. The van der Waals surface area contributed by atoms with Gasteiger partial charge in [0.1, 0.15) is 18.1 Å². The summed E-state index contributed by atoms with van der Waals surface area (Å²) in [5, 5.41) is 4.03. The molecule has 11 heteroatoms. The van der Waals surface area contributed by atoms with E-state index in [0.29, 0.717) is 22.9 Å². The van der Waals surface area contributed by atoms with Crippen molar-refractivity contribution in [3.05, 3.63) is 65.9 Å². The van der Waals surface area contributed by atoms with E-state index in [1.165, 1.54) is 22.8 Å². The first-order chi connectivity index (χ1) is 16.4. The summed E-state index contributed by atoms with van der Waals surface area (Å²) in [7, 11) is 3.03. The lowest BCUT2D eigenvalue weighted by atomic mass is 10.1. The van der Waals surface area contributed by atoms with Crippen LogP contribution in [0.2, 0.25) is 0 Å². The summed E-state index contributed by atoms with van der Waals surface area (Å²) in [6, 6.07) is 8.56. The smallest absolute Gasteiger partial charge is 0.257 e. The Kier molecular flexibility index (Phi) is 6.62. The zero-order valence-electron chi connectivity index (χ0n) is 18.6. The Labute approximate surface area is 193 Å². The molecule has 0 aliphatic carbocycles. The fourth-order valence-electron chi connectivity index (χ4n) is 3.56. The third kappa shape index (κ3) is 4.63. The Morgan fingerprint density at radius 3 is 2.76 bits per heavy atom. The molecule has 0 saturated heterocycles. The van der Waals surface area contributed by atoms with Crippen LogP contribution in [0.4, 0.5) is 8.78 Å². The van der Waals surface area contributed by atoms with Gasteiger partial charge in [-0.1, -0.05) is 12.1 Å². The average molecular weight is 468 g/mol. The molecule has 0 N–H and O–H groups in total. The number of carbonyl (C=O) groups excluding carboxylic acids is 2. The van der Waals surface area contributed by atoms with E-state index in [1.807, 2.05) is 6.07 Å².